The van der Waals surface area contributed by atoms with Gasteiger partial charge in [0.1, 0.15) is 0 Å². The van der Waals surface area contributed by atoms with Crippen LogP contribution in [0.15, 0.2) is 23.2 Å². The van der Waals surface area contributed by atoms with Gasteiger partial charge >= 0.3 is 5.97 Å². The zero-order valence-corrected chi connectivity index (χ0v) is 19.7. The maximum absolute atomic E-state index is 12.1. The number of carbonyl (C=O) groups is 2. The van der Waals surface area contributed by atoms with Crippen LogP contribution >= 0.6 is 35.6 Å². The number of halogens is 2. The van der Waals surface area contributed by atoms with Crippen molar-refractivity contribution in [1.82, 2.24) is 10.2 Å². The van der Waals surface area contributed by atoms with Gasteiger partial charge in [0.15, 0.2) is 5.96 Å². The van der Waals surface area contributed by atoms with Crippen LogP contribution in [0.25, 0.3) is 0 Å². The summed E-state index contributed by atoms with van der Waals surface area (Å²) in [6.07, 6.45) is 0.271. The predicted molar refractivity (Wildman–Crippen MR) is 122 cm³/mol. The van der Waals surface area contributed by atoms with Crippen LogP contribution in [0.4, 0.5) is 5.69 Å². The van der Waals surface area contributed by atoms with Crippen LogP contribution in [-0.2, 0) is 14.3 Å². The van der Waals surface area contributed by atoms with E-state index in [9.17, 15) is 9.59 Å². The van der Waals surface area contributed by atoms with Gasteiger partial charge in [-0.15, -0.1) is 24.0 Å². The van der Waals surface area contributed by atoms with Crippen molar-refractivity contribution in [2.24, 2.45) is 16.8 Å². The molecule has 1 aromatic carbocycles. The Labute approximate surface area is 188 Å². The molecule has 7 nitrogen and oxygen atoms in total. The lowest BCUT2D eigenvalue weighted by Crippen LogP contribution is -2.41. The molecule has 1 aliphatic rings. The monoisotopic (exact) mass is 522 g/mol. The number of hydrogen-bond acceptors (Lipinski definition) is 4. The highest BCUT2D eigenvalue weighted by atomic mass is 127. The van der Waals surface area contributed by atoms with E-state index in [1.807, 2.05) is 30.9 Å². The summed E-state index contributed by atoms with van der Waals surface area (Å²) < 4.78 is 4.86. The number of hydrogen-bond donors (Lipinski definition) is 2. The first-order chi connectivity index (χ1) is 12.8. The Hall–Kier alpha value is -1.55. The molecule has 1 heterocycles. The molecule has 156 valence electrons. The number of aryl methyl sites for hydroxylation is 1. The summed E-state index contributed by atoms with van der Waals surface area (Å²) in [6.45, 7) is 5.66. The van der Waals surface area contributed by atoms with Crippen LogP contribution in [-0.4, -0.2) is 56.5 Å². The number of guanidine groups is 1. The molecule has 0 spiro atoms. The summed E-state index contributed by atoms with van der Waals surface area (Å²) in [5, 5.41) is 6.51. The van der Waals surface area contributed by atoms with Crippen molar-refractivity contribution in [3.8, 4) is 0 Å². The number of amides is 1. The second kappa shape index (κ2) is 11.5. The van der Waals surface area contributed by atoms with Gasteiger partial charge in [-0.2, -0.15) is 0 Å². The molecule has 0 radical (unpaired) electrons. The third kappa shape index (κ3) is 6.51. The number of likely N-dealkylation sites (tertiary alicyclic amines) is 1. The van der Waals surface area contributed by atoms with Crippen molar-refractivity contribution in [2.45, 2.75) is 20.3 Å². The van der Waals surface area contributed by atoms with E-state index in [0.717, 1.165) is 5.56 Å². The lowest BCUT2D eigenvalue weighted by Gasteiger charge is -2.21. The van der Waals surface area contributed by atoms with Gasteiger partial charge in [-0.25, -0.2) is 0 Å². The molecule has 1 fully saturated rings. The highest BCUT2D eigenvalue weighted by Gasteiger charge is 2.36. The van der Waals surface area contributed by atoms with Gasteiger partial charge in [0.25, 0.3) is 0 Å². The summed E-state index contributed by atoms with van der Waals surface area (Å²) in [5.74, 6) is 0.360. The average molecular weight is 523 g/mol. The minimum absolute atomic E-state index is 0. The number of nitrogens with one attached hydrogen (secondary N) is 2. The Morgan fingerprint density at radius 3 is 2.68 bits per heavy atom. The van der Waals surface area contributed by atoms with Crippen molar-refractivity contribution in [1.29, 1.82) is 0 Å². The maximum atomic E-state index is 12.1. The number of aliphatic imine (C=N–C) groups is 1. The van der Waals surface area contributed by atoms with E-state index in [0.29, 0.717) is 36.3 Å². The van der Waals surface area contributed by atoms with E-state index < -0.39 is 0 Å². The van der Waals surface area contributed by atoms with E-state index >= 15 is 0 Å². The van der Waals surface area contributed by atoms with Crippen molar-refractivity contribution in [3.05, 3.63) is 28.8 Å². The molecule has 2 atom stereocenters. The molecule has 0 bridgehead atoms. The van der Waals surface area contributed by atoms with Crippen molar-refractivity contribution in [2.75, 3.05) is 39.1 Å². The summed E-state index contributed by atoms with van der Waals surface area (Å²) in [4.78, 5) is 30.3. The minimum Gasteiger partial charge on any atom is -0.469 e. The molecule has 2 unspecified atom stereocenters. The third-order valence-electron chi connectivity index (χ3n) is 4.66. The molecule has 0 aromatic heterocycles. The van der Waals surface area contributed by atoms with Crippen molar-refractivity contribution >= 4 is 59.1 Å². The number of anilines is 1. The Balaban J connectivity index is 0.00000392. The van der Waals surface area contributed by atoms with Gasteiger partial charge < -0.3 is 20.3 Å². The largest absolute Gasteiger partial charge is 0.469 e. The van der Waals surface area contributed by atoms with Crippen LogP contribution in [0.1, 0.15) is 18.9 Å². The first kappa shape index (κ1) is 24.5. The summed E-state index contributed by atoms with van der Waals surface area (Å²) in [6, 6.07) is 5.50. The molecule has 1 saturated heterocycles. The Morgan fingerprint density at radius 1 is 1.36 bits per heavy atom. The number of ether oxygens (including phenoxy) is 1. The second-order valence-corrected chi connectivity index (χ2v) is 7.17. The van der Waals surface area contributed by atoms with Gasteiger partial charge in [-0.3, -0.25) is 14.6 Å². The van der Waals surface area contributed by atoms with Gasteiger partial charge in [0, 0.05) is 33.1 Å². The zero-order valence-electron chi connectivity index (χ0n) is 16.6. The summed E-state index contributed by atoms with van der Waals surface area (Å²) in [7, 11) is 3.09. The lowest BCUT2D eigenvalue weighted by atomic mass is 9.99. The van der Waals surface area contributed by atoms with E-state index in [1.54, 1.807) is 13.1 Å². The Bertz CT molecular complexity index is 729. The van der Waals surface area contributed by atoms with Gasteiger partial charge in [0.05, 0.1) is 23.7 Å². The molecular weight excluding hydrogens is 495 g/mol. The number of methoxy groups -OCH3 is 1. The predicted octanol–water partition coefficient (Wildman–Crippen LogP) is 2.91. The number of nitrogens with zero attached hydrogens (tertiary/aromatic N) is 2. The topological polar surface area (TPSA) is 83.0 Å². The zero-order chi connectivity index (χ0) is 20.0. The fraction of sp³-hybridized carbons (Fsp3) is 0.526. The Kier molecular flexibility index (Phi) is 10.0. The fourth-order valence-electron chi connectivity index (χ4n) is 3.15. The Morgan fingerprint density at radius 2 is 2.07 bits per heavy atom. The maximum Gasteiger partial charge on any atom is 0.310 e. The van der Waals surface area contributed by atoms with Crippen molar-refractivity contribution in [3.63, 3.8) is 0 Å². The SMILES string of the molecule is CN=C(NCCC(=O)Nc1ccc(C)cc1Cl)N1CC(C)C(C(=O)OC)C1.I. The van der Waals surface area contributed by atoms with Gasteiger partial charge in [-0.1, -0.05) is 24.6 Å². The minimum atomic E-state index is -0.199. The molecule has 2 rings (SSSR count). The van der Waals surface area contributed by atoms with Crippen LogP contribution in [0.2, 0.25) is 5.02 Å². The number of esters is 1. The molecule has 1 aromatic rings. The molecule has 28 heavy (non-hydrogen) atoms. The van der Waals surface area contributed by atoms with Crippen LogP contribution in [0.5, 0.6) is 0 Å². The number of rotatable bonds is 5. The van der Waals surface area contributed by atoms with Crippen LogP contribution in [0, 0.1) is 18.8 Å². The lowest BCUT2D eigenvalue weighted by molar-refractivity contribution is -0.146. The molecule has 9 heteroatoms. The van der Waals surface area contributed by atoms with E-state index in [4.69, 9.17) is 16.3 Å². The normalized spacial score (nSPS) is 19.0. The van der Waals surface area contributed by atoms with E-state index in [2.05, 4.69) is 15.6 Å². The number of benzene rings is 1. The quantitative estimate of drug-likeness (QED) is 0.269. The molecular formula is C19H28ClIN4O3. The highest BCUT2D eigenvalue weighted by Crippen LogP contribution is 2.24. The van der Waals surface area contributed by atoms with Gasteiger partial charge in [0.2, 0.25) is 5.91 Å². The third-order valence-corrected chi connectivity index (χ3v) is 4.97. The van der Waals surface area contributed by atoms with Crippen molar-refractivity contribution < 1.29 is 14.3 Å². The first-order valence-electron chi connectivity index (χ1n) is 8.95. The molecule has 1 aliphatic heterocycles. The summed E-state index contributed by atoms with van der Waals surface area (Å²) >= 11 is 6.14. The van der Waals surface area contributed by atoms with E-state index in [-0.39, 0.29) is 54.1 Å². The first-order valence-corrected chi connectivity index (χ1v) is 9.33. The molecule has 0 saturated carbocycles. The van der Waals surface area contributed by atoms with Gasteiger partial charge in [-0.05, 0) is 30.5 Å². The summed E-state index contributed by atoms with van der Waals surface area (Å²) in [5.41, 5.74) is 1.64. The molecule has 2 N–H and O–H groups in total. The average Bonchev–Trinajstić information content (AvgIpc) is 3.02. The molecule has 0 aliphatic carbocycles. The number of carbonyl (C=O) groups excluding carboxylic acids is 2. The van der Waals surface area contributed by atoms with Crippen LogP contribution < -0.4 is 10.6 Å². The fourth-order valence-corrected chi connectivity index (χ4v) is 3.43. The smallest absolute Gasteiger partial charge is 0.310 e. The standard InChI is InChI=1S/C19H27ClN4O3.HI/c1-12-5-6-16(15(20)9-12)23-17(25)7-8-22-19(21-3)24-10-13(2)14(11-24)18(26)27-4;/h5-6,9,13-14H,7-8,10-11H2,1-4H3,(H,21,22)(H,23,25);1H. The van der Waals surface area contributed by atoms with Crippen LogP contribution in [0.3, 0.4) is 0 Å². The highest BCUT2D eigenvalue weighted by molar-refractivity contribution is 14.0. The second-order valence-electron chi connectivity index (χ2n) is 6.77. The van der Waals surface area contributed by atoms with E-state index in [1.165, 1.54) is 7.11 Å². The molecule has 1 amide bonds.